The van der Waals surface area contributed by atoms with Gasteiger partial charge in [-0.1, -0.05) is 32.9 Å². The molecule has 1 saturated carbocycles. The maximum absolute atomic E-state index is 5.88. The number of rotatable bonds is 6. The van der Waals surface area contributed by atoms with Gasteiger partial charge in [0, 0.05) is 37.6 Å². The maximum Gasteiger partial charge on any atom is 0.191 e. The Morgan fingerprint density at radius 2 is 2.04 bits per heavy atom. The highest BCUT2D eigenvalue weighted by molar-refractivity contribution is 14.0. The topological polar surface area (TPSA) is 54.9 Å². The summed E-state index contributed by atoms with van der Waals surface area (Å²) in [6, 6.07) is 8.78. The molecule has 0 radical (unpaired) electrons. The lowest BCUT2D eigenvalue weighted by Gasteiger charge is -2.54. The summed E-state index contributed by atoms with van der Waals surface area (Å²) in [6.07, 6.45) is 2.60. The second-order valence-electron chi connectivity index (χ2n) is 8.15. The molecule has 2 aliphatic rings. The van der Waals surface area contributed by atoms with E-state index in [9.17, 15) is 0 Å². The van der Waals surface area contributed by atoms with Gasteiger partial charge >= 0.3 is 0 Å². The summed E-state index contributed by atoms with van der Waals surface area (Å²) in [5.41, 5.74) is 1.50. The molecule has 3 rings (SSSR count). The van der Waals surface area contributed by atoms with E-state index >= 15 is 0 Å². The van der Waals surface area contributed by atoms with Gasteiger partial charge in [-0.2, -0.15) is 0 Å². The quantitative estimate of drug-likeness (QED) is 0.365. The van der Waals surface area contributed by atoms with Crippen LogP contribution in [-0.2, 0) is 4.74 Å². The molecule has 2 fully saturated rings. The van der Waals surface area contributed by atoms with E-state index < -0.39 is 0 Å². The number of fused-ring (bicyclic) bond motifs is 1. The predicted molar refractivity (Wildman–Crippen MR) is 121 cm³/mol. The average Bonchev–Trinajstić information content (AvgIpc) is 3.11. The summed E-state index contributed by atoms with van der Waals surface area (Å²) in [6.45, 7) is 8.62. The van der Waals surface area contributed by atoms with Gasteiger partial charge in [0.2, 0.25) is 0 Å². The minimum absolute atomic E-state index is 0. The van der Waals surface area contributed by atoms with Crippen molar-refractivity contribution in [3.63, 3.8) is 0 Å². The number of halogens is 1. The molecular formula is C21H34IN3O2. The van der Waals surface area contributed by atoms with Crippen molar-refractivity contribution < 1.29 is 9.47 Å². The van der Waals surface area contributed by atoms with Crippen LogP contribution < -0.4 is 15.4 Å². The number of nitrogens with zero attached hydrogens (tertiary/aromatic N) is 1. The molecular weight excluding hydrogens is 453 g/mol. The molecule has 1 heterocycles. The van der Waals surface area contributed by atoms with E-state index in [4.69, 9.17) is 9.47 Å². The zero-order valence-corrected chi connectivity index (χ0v) is 19.4. The van der Waals surface area contributed by atoms with Gasteiger partial charge in [-0.3, -0.25) is 4.99 Å². The summed E-state index contributed by atoms with van der Waals surface area (Å²) in [5, 5.41) is 7.12. The second kappa shape index (κ2) is 9.45. The molecule has 152 valence electrons. The molecule has 1 aliphatic heterocycles. The van der Waals surface area contributed by atoms with Gasteiger partial charge < -0.3 is 20.1 Å². The Bertz CT molecular complexity index is 633. The van der Waals surface area contributed by atoms with Crippen LogP contribution >= 0.6 is 24.0 Å². The van der Waals surface area contributed by atoms with Crippen molar-refractivity contribution in [2.75, 3.05) is 27.3 Å². The lowest BCUT2D eigenvalue weighted by molar-refractivity contribution is -0.106. The molecule has 2 N–H and O–H groups in total. The highest BCUT2D eigenvalue weighted by Crippen LogP contribution is 2.52. The van der Waals surface area contributed by atoms with Crippen LogP contribution in [0.1, 0.15) is 45.1 Å². The second-order valence-corrected chi connectivity index (χ2v) is 8.15. The van der Waals surface area contributed by atoms with Crippen LogP contribution in [0.2, 0.25) is 0 Å². The molecule has 0 bridgehead atoms. The summed E-state index contributed by atoms with van der Waals surface area (Å²) < 4.78 is 11.1. The predicted octanol–water partition coefficient (Wildman–Crippen LogP) is 3.79. The van der Waals surface area contributed by atoms with Gasteiger partial charge in [0.25, 0.3) is 0 Å². The Hall–Kier alpha value is -1.02. The van der Waals surface area contributed by atoms with Gasteiger partial charge in [0.05, 0.1) is 13.2 Å². The van der Waals surface area contributed by atoms with Gasteiger partial charge in [0.1, 0.15) is 5.75 Å². The molecule has 27 heavy (non-hydrogen) atoms. The number of hydrogen-bond donors (Lipinski definition) is 2. The van der Waals surface area contributed by atoms with E-state index in [0.29, 0.717) is 24.0 Å². The summed E-state index contributed by atoms with van der Waals surface area (Å²) >= 11 is 0. The molecule has 4 atom stereocenters. The number of hydrogen-bond acceptors (Lipinski definition) is 3. The van der Waals surface area contributed by atoms with Crippen LogP contribution in [-0.4, -0.2) is 45.4 Å². The molecule has 6 heteroatoms. The normalized spacial score (nSPS) is 27.0. The van der Waals surface area contributed by atoms with Crippen molar-refractivity contribution in [3.8, 4) is 5.75 Å². The molecule has 1 saturated heterocycles. The van der Waals surface area contributed by atoms with E-state index in [1.54, 1.807) is 7.11 Å². The van der Waals surface area contributed by atoms with Crippen LogP contribution in [0.15, 0.2) is 29.3 Å². The number of aliphatic imine (C=N–C) groups is 1. The van der Waals surface area contributed by atoms with Crippen LogP contribution in [0.25, 0.3) is 0 Å². The summed E-state index contributed by atoms with van der Waals surface area (Å²) in [5.74, 6) is 2.90. The Kier molecular flexibility index (Phi) is 7.80. The zero-order chi connectivity index (χ0) is 18.7. The first-order valence-corrected chi connectivity index (χ1v) is 9.70. The van der Waals surface area contributed by atoms with Crippen molar-refractivity contribution in [3.05, 3.63) is 29.8 Å². The van der Waals surface area contributed by atoms with Gasteiger partial charge in [-0.05, 0) is 36.5 Å². The summed E-state index contributed by atoms with van der Waals surface area (Å²) in [7, 11) is 3.54. The smallest absolute Gasteiger partial charge is 0.191 e. The van der Waals surface area contributed by atoms with Crippen molar-refractivity contribution in [2.45, 2.75) is 51.7 Å². The van der Waals surface area contributed by atoms with Gasteiger partial charge in [0.15, 0.2) is 5.96 Å². The minimum atomic E-state index is 0. The monoisotopic (exact) mass is 487 g/mol. The molecule has 5 nitrogen and oxygen atoms in total. The highest BCUT2D eigenvalue weighted by Gasteiger charge is 2.59. The Morgan fingerprint density at radius 3 is 2.67 bits per heavy atom. The van der Waals surface area contributed by atoms with E-state index in [2.05, 4.69) is 48.5 Å². The molecule has 0 spiro atoms. The Morgan fingerprint density at radius 1 is 1.33 bits per heavy atom. The number of guanidine groups is 1. The molecule has 1 aliphatic carbocycles. The average molecular weight is 487 g/mol. The Labute approximate surface area is 180 Å². The van der Waals surface area contributed by atoms with E-state index in [-0.39, 0.29) is 29.4 Å². The van der Waals surface area contributed by atoms with E-state index in [1.165, 1.54) is 5.56 Å². The van der Waals surface area contributed by atoms with Crippen LogP contribution in [0.4, 0.5) is 0 Å². The largest absolute Gasteiger partial charge is 0.497 e. The van der Waals surface area contributed by atoms with Crippen molar-refractivity contribution in [1.82, 2.24) is 10.6 Å². The third-order valence-corrected chi connectivity index (χ3v) is 6.17. The number of nitrogens with one attached hydrogen (secondary N) is 2. The minimum Gasteiger partial charge on any atom is -0.497 e. The fourth-order valence-electron chi connectivity index (χ4n) is 4.47. The van der Waals surface area contributed by atoms with Gasteiger partial charge in [-0.15, -0.1) is 24.0 Å². The zero-order valence-electron chi connectivity index (χ0n) is 17.1. The molecule has 4 unspecified atom stereocenters. The summed E-state index contributed by atoms with van der Waals surface area (Å²) in [4.78, 5) is 4.42. The van der Waals surface area contributed by atoms with Crippen LogP contribution in [0.5, 0.6) is 5.75 Å². The molecule has 0 amide bonds. The maximum atomic E-state index is 5.88. The lowest BCUT2D eigenvalue weighted by atomic mass is 9.57. The molecule has 1 aromatic carbocycles. The van der Waals surface area contributed by atoms with Crippen molar-refractivity contribution >= 4 is 29.9 Å². The first-order valence-electron chi connectivity index (χ1n) is 9.70. The molecule has 1 aromatic rings. The number of benzene rings is 1. The van der Waals surface area contributed by atoms with Crippen molar-refractivity contribution in [1.29, 1.82) is 0 Å². The first-order chi connectivity index (χ1) is 12.5. The van der Waals surface area contributed by atoms with E-state index in [0.717, 1.165) is 37.7 Å². The van der Waals surface area contributed by atoms with E-state index in [1.807, 2.05) is 19.2 Å². The standard InChI is InChI=1S/C21H33N3O2.HI/c1-14(15-6-8-16(25-5)9-7-15)10-12-23-20(22-4)24-18-17-11-13-26-19(17)21(18,2)3;/h6-9,14,17-19H,10-13H2,1-5H3,(H2,22,23,24);1H. The van der Waals surface area contributed by atoms with Gasteiger partial charge in [-0.25, -0.2) is 0 Å². The third kappa shape index (κ3) is 4.70. The lowest BCUT2D eigenvalue weighted by Crippen LogP contribution is -2.68. The fraction of sp³-hybridized carbons (Fsp3) is 0.667. The van der Waals surface area contributed by atoms with Crippen LogP contribution in [0, 0.1) is 11.3 Å². The number of methoxy groups -OCH3 is 1. The third-order valence-electron chi connectivity index (χ3n) is 6.17. The number of ether oxygens (including phenoxy) is 2. The fourth-order valence-corrected chi connectivity index (χ4v) is 4.47. The van der Waals surface area contributed by atoms with Crippen LogP contribution in [0.3, 0.4) is 0 Å². The highest BCUT2D eigenvalue weighted by atomic mass is 127. The van der Waals surface area contributed by atoms with Crippen molar-refractivity contribution in [2.24, 2.45) is 16.3 Å². The Balaban J connectivity index is 0.00000261. The first kappa shape index (κ1) is 22.3. The SMILES string of the molecule is CN=C(NCCC(C)c1ccc(OC)cc1)NC1C2CCOC2C1(C)C.I. The molecule has 0 aromatic heterocycles.